The lowest BCUT2D eigenvalue weighted by atomic mass is 10.2. The molecule has 20 heavy (non-hydrogen) atoms. The van der Waals surface area contributed by atoms with E-state index in [-0.39, 0.29) is 17.1 Å². The van der Waals surface area contributed by atoms with Crippen molar-refractivity contribution in [3.05, 3.63) is 53.6 Å². The second-order valence-electron chi connectivity index (χ2n) is 3.97. The van der Waals surface area contributed by atoms with E-state index >= 15 is 0 Å². The van der Waals surface area contributed by atoms with E-state index in [1.807, 2.05) is 0 Å². The summed E-state index contributed by atoms with van der Waals surface area (Å²) >= 11 is 0. The summed E-state index contributed by atoms with van der Waals surface area (Å²) in [6, 6.07) is 10.6. The molecule has 0 radical (unpaired) electrons. The Hall–Kier alpha value is -3.02. The largest absolute Gasteiger partial charge is 0.504 e. The molecule has 6 heteroatoms. The summed E-state index contributed by atoms with van der Waals surface area (Å²) in [4.78, 5) is 10.7. The van der Waals surface area contributed by atoms with E-state index in [1.54, 1.807) is 24.3 Å². The Morgan fingerprint density at radius 2 is 1.80 bits per heavy atom. The van der Waals surface area contributed by atoms with Crippen LogP contribution < -0.4 is 5.43 Å². The number of hydrazone groups is 1. The number of carboxylic acids is 1. The van der Waals surface area contributed by atoms with Crippen LogP contribution in [0.5, 0.6) is 11.5 Å². The average Bonchev–Trinajstić information content (AvgIpc) is 2.44. The maximum absolute atomic E-state index is 10.7. The van der Waals surface area contributed by atoms with Crippen LogP contribution in [-0.4, -0.2) is 27.5 Å². The normalized spacial score (nSPS) is 10.6. The van der Waals surface area contributed by atoms with Crippen molar-refractivity contribution in [2.24, 2.45) is 5.10 Å². The minimum atomic E-state index is -0.996. The number of hydrogen-bond acceptors (Lipinski definition) is 5. The van der Waals surface area contributed by atoms with Crippen LogP contribution in [0.2, 0.25) is 0 Å². The van der Waals surface area contributed by atoms with Gasteiger partial charge in [0.15, 0.2) is 11.5 Å². The Balaban J connectivity index is 2.06. The predicted octanol–water partition coefficient (Wildman–Crippen LogP) is 2.24. The minimum absolute atomic E-state index is 0.185. The van der Waals surface area contributed by atoms with Crippen LogP contribution in [0, 0.1) is 0 Å². The topological polar surface area (TPSA) is 102 Å². The molecule has 0 saturated carbocycles. The van der Waals surface area contributed by atoms with Gasteiger partial charge in [-0.3, -0.25) is 5.43 Å². The van der Waals surface area contributed by atoms with E-state index in [0.29, 0.717) is 11.3 Å². The minimum Gasteiger partial charge on any atom is -0.504 e. The van der Waals surface area contributed by atoms with Gasteiger partial charge in [0.05, 0.1) is 17.5 Å². The van der Waals surface area contributed by atoms with Crippen molar-refractivity contribution >= 4 is 17.9 Å². The molecule has 0 unspecified atom stereocenters. The summed E-state index contributed by atoms with van der Waals surface area (Å²) in [6.07, 6.45) is 1.35. The van der Waals surface area contributed by atoms with E-state index in [4.69, 9.17) is 5.11 Å². The van der Waals surface area contributed by atoms with Gasteiger partial charge in [-0.1, -0.05) is 6.07 Å². The zero-order valence-corrected chi connectivity index (χ0v) is 10.3. The van der Waals surface area contributed by atoms with Gasteiger partial charge < -0.3 is 15.3 Å². The highest BCUT2D eigenvalue weighted by Gasteiger charge is 2.03. The van der Waals surface area contributed by atoms with Crippen LogP contribution in [0.1, 0.15) is 15.9 Å². The monoisotopic (exact) mass is 272 g/mol. The Labute approximate surface area is 114 Å². The van der Waals surface area contributed by atoms with E-state index in [2.05, 4.69) is 10.5 Å². The highest BCUT2D eigenvalue weighted by molar-refractivity contribution is 5.88. The molecule has 2 aromatic rings. The summed E-state index contributed by atoms with van der Waals surface area (Å²) in [7, 11) is 0. The molecule has 2 aromatic carbocycles. The number of aromatic carboxylic acids is 1. The highest BCUT2D eigenvalue weighted by atomic mass is 16.4. The Bertz CT molecular complexity index is 651. The lowest BCUT2D eigenvalue weighted by molar-refractivity contribution is 0.0697. The fourth-order valence-electron chi connectivity index (χ4n) is 1.52. The molecule has 0 saturated heterocycles. The fraction of sp³-hybridized carbons (Fsp3) is 0. The van der Waals surface area contributed by atoms with Crippen LogP contribution in [0.4, 0.5) is 5.69 Å². The van der Waals surface area contributed by atoms with Gasteiger partial charge in [-0.2, -0.15) is 5.10 Å². The average molecular weight is 272 g/mol. The van der Waals surface area contributed by atoms with E-state index in [0.717, 1.165) is 0 Å². The molecular formula is C14H12N2O4. The van der Waals surface area contributed by atoms with Gasteiger partial charge in [0, 0.05) is 5.56 Å². The molecule has 0 aliphatic carbocycles. The van der Waals surface area contributed by atoms with Crippen LogP contribution in [0.15, 0.2) is 47.6 Å². The fourth-order valence-corrected chi connectivity index (χ4v) is 1.52. The molecule has 0 amide bonds. The number of nitrogens with zero attached hydrogens (tertiary/aromatic N) is 1. The molecular weight excluding hydrogens is 260 g/mol. The molecule has 2 rings (SSSR count). The molecule has 4 N–H and O–H groups in total. The van der Waals surface area contributed by atoms with Crippen molar-refractivity contribution in [3.8, 4) is 11.5 Å². The first kappa shape index (κ1) is 13.4. The molecule has 0 bridgehead atoms. The third kappa shape index (κ3) is 3.05. The van der Waals surface area contributed by atoms with Gasteiger partial charge >= 0.3 is 5.97 Å². The lowest BCUT2D eigenvalue weighted by Crippen LogP contribution is -1.96. The maximum atomic E-state index is 10.7. The molecule has 0 spiro atoms. The van der Waals surface area contributed by atoms with Gasteiger partial charge in [0.2, 0.25) is 0 Å². The molecule has 0 aliphatic rings. The molecule has 0 aromatic heterocycles. The maximum Gasteiger partial charge on any atom is 0.335 e. The standard InChI is InChI=1S/C14H12N2O4/c17-12-3-1-2-10(13(12)18)8-15-16-11-6-4-9(5-7-11)14(19)20/h1-8,16-18H,(H,19,20)/b15-8+. The predicted molar refractivity (Wildman–Crippen MR) is 74.4 cm³/mol. The summed E-state index contributed by atoms with van der Waals surface area (Å²) < 4.78 is 0. The summed E-state index contributed by atoms with van der Waals surface area (Å²) in [5.74, 6) is -1.47. The van der Waals surface area contributed by atoms with Crippen LogP contribution in [0.25, 0.3) is 0 Å². The van der Waals surface area contributed by atoms with Crippen LogP contribution in [0.3, 0.4) is 0 Å². The first-order valence-electron chi connectivity index (χ1n) is 5.71. The van der Waals surface area contributed by atoms with Crippen molar-refractivity contribution in [2.75, 3.05) is 5.43 Å². The molecule has 0 heterocycles. The summed E-state index contributed by atoms with van der Waals surface area (Å²) in [6.45, 7) is 0. The Morgan fingerprint density at radius 3 is 2.45 bits per heavy atom. The first-order valence-corrected chi connectivity index (χ1v) is 5.71. The van der Waals surface area contributed by atoms with E-state index in [9.17, 15) is 15.0 Å². The zero-order valence-electron chi connectivity index (χ0n) is 10.3. The van der Waals surface area contributed by atoms with Crippen molar-refractivity contribution < 1.29 is 20.1 Å². The highest BCUT2D eigenvalue weighted by Crippen LogP contribution is 2.26. The molecule has 6 nitrogen and oxygen atoms in total. The number of aromatic hydroxyl groups is 2. The number of para-hydroxylation sites is 1. The van der Waals surface area contributed by atoms with Crippen molar-refractivity contribution in [2.45, 2.75) is 0 Å². The van der Waals surface area contributed by atoms with Crippen LogP contribution >= 0.6 is 0 Å². The number of rotatable bonds is 4. The third-order valence-electron chi connectivity index (χ3n) is 2.58. The number of carboxylic acid groups (broad SMARTS) is 1. The van der Waals surface area contributed by atoms with Crippen LogP contribution in [-0.2, 0) is 0 Å². The quantitative estimate of drug-likeness (QED) is 0.388. The number of phenols is 2. The second kappa shape index (κ2) is 5.75. The second-order valence-corrected chi connectivity index (χ2v) is 3.97. The number of carbonyl (C=O) groups is 1. The number of nitrogens with one attached hydrogen (secondary N) is 1. The smallest absolute Gasteiger partial charge is 0.335 e. The third-order valence-corrected chi connectivity index (χ3v) is 2.58. The summed E-state index contributed by atoms with van der Waals surface area (Å²) in [5, 5.41) is 31.5. The first-order chi connectivity index (χ1) is 9.58. The lowest BCUT2D eigenvalue weighted by Gasteiger charge is -2.02. The van der Waals surface area contributed by atoms with Crippen molar-refractivity contribution in [1.82, 2.24) is 0 Å². The summed E-state index contributed by atoms with van der Waals surface area (Å²) in [5.41, 5.74) is 3.84. The molecule has 0 aliphatic heterocycles. The zero-order chi connectivity index (χ0) is 14.5. The molecule has 102 valence electrons. The van der Waals surface area contributed by atoms with Gasteiger partial charge in [-0.05, 0) is 36.4 Å². The van der Waals surface area contributed by atoms with E-state index in [1.165, 1.54) is 24.4 Å². The Kier molecular flexibility index (Phi) is 3.85. The number of anilines is 1. The van der Waals surface area contributed by atoms with Gasteiger partial charge in [0.25, 0.3) is 0 Å². The van der Waals surface area contributed by atoms with Gasteiger partial charge in [-0.15, -0.1) is 0 Å². The number of phenolic OH excluding ortho intramolecular Hbond substituents is 2. The SMILES string of the molecule is O=C(O)c1ccc(N/N=C/c2cccc(O)c2O)cc1. The number of benzene rings is 2. The number of hydrogen-bond donors (Lipinski definition) is 4. The van der Waals surface area contributed by atoms with Crippen molar-refractivity contribution in [1.29, 1.82) is 0 Å². The molecule has 0 atom stereocenters. The van der Waals surface area contributed by atoms with Crippen molar-refractivity contribution in [3.63, 3.8) is 0 Å². The van der Waals surface area contributed by atoms with E-state index < -0.39 is 5.97 Å². The molecule has 0 fully saturated rings. The van der Waals surface area contributed by atoms with Gasteiger partial charge in [-0.25, -0.2) is 4.79 Å². The van der Waals surface area contributed by atoms with Gasteiger partial charge in [0.1, 0.15) is 0 Å². The Morgan fingerprint density at radius 1 is 1.10 bits per heavy atom.